The number of fused-ring (bicyclic) bond motifs is 14. The Labute approximate surface area is 177 Å². The van der Waals surface area contributed by atoms with Crippen LogP contribution >= 0.6 is 0 Å². The molecule has 0 unspecified atom stereocenters. The lowest BCUT2D eigenvalue weighted by Crippen LogP contribution is -1.98. The van der Waals surface area contributed by atoms with Crippen LogP contribution in [0, 0.1) is 0 Å². The van der Waals surface area contributed by atoms with Gasteiger partial charge in [0.25, 0.3) is 0 Å². The minimum Gasteiger partial charge on any atom is -0.278 e. The molecule has 144 valence electrons. The van der Waals surface area contributed by atoms with Crippen molar-refractivity contribution in [3.8, 4) is 22.4 Å². The third kappa shape index (κ3) is 1.84. The molecule has 0 saturated carbocycles. The van der Waals surface area contributed by atoms with Crippen LogP contribution in [0.2, 0.25) is 0 Å². The average molecular weight is 396 g/mol. The summed E-state index contributed by atoms with van der Waals surface area (Å²) in [7, 11) is 0. The van der Waals surface area contributed by atoms with E-state index in [1.54, 1.807) is 0 Å². The Hall–Kier alpha value is -4.05. The second kappa shape index (κ2) is 5.35. The van der Waals surface area contributed by atoms with Crippen LogP contribution in [0.1, 0.15) is 22.4 Å². The molecule has 31 heavy (non-hydrogen) atoms. The summed E-state index contributed by atoms with van der Waals surface area (Å²) in [5, 5.41) is 2.22. The lowest BCUT2D eigenvalue weighted by atomic mass is 9.97. The molecule has 0 aliphatic heterocycles. The van der Waals surface area contributed by atoms with Gasteiger partial charge in [0.2, 0.25) is 0 Å². The Morgan fingerprint density at radius 1 is 0.677 bits per heavy atom. The molecule has 2 aliphatic carbocycles. The van der Waals surface area contributed by atoms with Crippen molar-refractivity contribution < 1.29 is 0 Å². The first-order chi connectivity index (χ1) is 15.4. The number of hydrogen-bond acceptors (Lipinski definition) is 3. The predicted molar refractivity (Wildman–Crippen MR) is 122 cm³/mol. The van der Waals surface area contributed by atoms with E-state index in [1.165, 1.54) is 39.1 Å². The molecule has 0 amide bonds. The van der Waals surface area contributed by atoms with E-state index in [4.69, 9.17) is 15.0 Å². The molecule has 6 aromatic rings. The molecule has 0 radical (unpaired) electrons. The van der Waals surface area contributed by atoms with E-state index in [9.17, 15) is 0 Å². The van der Waals surface area contributed by atoms with Gasteiger partial charge in [-0.1, -0.05) is 42.5 Å². The van der Waals surface area contributed by atoms with Gasteiger partial charge in [0.15, 0.2) is 5.65 Å². The number of aromatic nitrogens is 4. The Morgan fingerprint density at radius 2 is 1.55 bits per heavy atom. The van der Waals surface area contributed by atoms with E-state index in [0.717, 1.165) is 46.1 Å². The highest BCUT2D eigenvalue weighted by Crippen LogP contribution is 2.48. The number of pyridine rings is 3. The highest BCUT2D eigenvalue weighted by Gasteiger charge is 2.32. The van der Waals surface area contributed by atoms with E-state index >= 15 is 0 Å². The lowest BCUT2D eigenvalue weighted by Gasteiger charge is -2.09. The molecule has 2 aromatic carbocycles. The van der Waals surface area contributed by atoms with E-state index < -0.39 is 0 Å². The number of rotatable bonds is 0. The standard InChI is InChI=1S/C27H16N4/c1-2-6-17-15(5-1)13-21-18(17)10-9-16-14-22-25(23(16)21)30-27-24-19(7-3-11-28-24)20-8-4-12-29-26(20)31(22)27/h1-12H,13-14H2. The van der Waals surface area contributed by atoms with Gasteiger partial charge >= 0.3 is 0 Å². The number of imidazole rings is 1. The maximum absolute atomic E-state index is 5.21. The Bertz CT molecular complexity index is 1740. The van der Waals surface area contributed by atoms with Gasteiger partial charge in [-0.25, -0.2) is 9.97 Å². The van der Waals surface area contributed by atoms with Gasteiger partial charge in [0.1, 0.15) is 11.2 Å². The topological polar surface area (TPSA) is 43.1 Å². The molecule has 8 rings (SSSR count). The number of nitrogens with zero attached hydrogens (tertiary/aromatic N) is 4. The number of hydrogen-bond donors (Lipinski definition) is 0. The molecule has 0 fully saturated rings. The summed E-state index contributed by atoms with van der Waals surface area (Å²) in [5.41, 5.74) is 13.3. The van der Waals surface area contributed by atoms with Crippen LogP contribution in [0.5, 0.6) is 0 Å². The summed E-state index contributed by atoms with van der Waals surface area (Å²) in [5.74, 6) is 0. The fraction of sp³-hybridized carbons (Fsp3) is 0.0741. The molecule has 0 N–H and O–H groups in total. The normalized spacial score (nSPS) is 13.5. The molecule has 2 aliphatic rings. The first kappa shape index (κ1) is 15.7. The summed E-state index contributed by atoms with van der Waals surface area (Å²) in [4.78, 5) is 14.7. The fourth-order valence-corrected chi connectivity index (χ4v) is 5.67. The summed E-state index contributed by atoms with van der Waals surface area (Å²) in [6.07, 6.45) is 5.57. The predicted octanol–water partition coefficient (Wildman–Crippen LogP) is 5.57. The molecule has 0 atom stereocenters. The minimum absolute atomic E-state index is 0.874. The first-order valence-electron chi connectivity index (χ1n) is 10.6. The summed E-state index contributed by atoms with van der Waals surface area (Å²) in [6, 6.07) is 21.6. The zero-order valence-electron chi connectivity index (χ0n) is 16.6. The summed E-state index contributed by atoms with van der Waals surface area (Å²) < 4.78 is 2.24. The van der Waals surface area contributed by atoms with Crippen LogP contribution in [0.15, 0.2) is 73.1 Å². The third-order valence-corrected chi connectivity index (χ3v) is 6.95. The van der Waals surface area contributed by atoms with Crippen molar-refractivity contribution in [2.24, 2.45) is 0 Å². The van der Waals surface area contributed by atoms with Gasteiger partial charge in [-0.2, -0.15) is 0 Å². The smallest absolute Gasteiger partial charge is 0.166 e. The molecule has 4 heteroatoms. The maximum atomic E-state index is 5.21. The van der Waals surface area contributed by atoms with E-state index in [2.05, 4.69) is 52.9 Å². The molecule has 4 aromatic heterocycles. The SMILES string of the molecule is c1ccc2c(c1)Cc1c-2ccc2c1-c1nc3c4ncccc4c4cccnc4n3c1C2. The Kier molecular flexibility index (Phi) is 2.72. The molecule has 0 bridgehead atoms. The zero-order chi connectivity index (χ0) is 20.1. The molecular weight excluding hydrogens is 380 g/mol. The first-order valence-corrected chi connectivity index (χ1v) is 10.6. The second-order valence-corrected chi connectivity index (χ2v) is 8.48. The van der Waals surface area contributed by atoms with Gasteiger partial charge in [-0.3, -0.25) is 9.38 Å². The minimum atomic E-state index is 0.874. The van der Waals surface area contributed by atoms with Crippen LogP contribution in [0.3, 0.4) is 0 Å². The van der Waals surface area contributed by atoms with Gasteiger partial charge in [-0.05, 0) is 52.4 Å². The van der Waals surface area contributed by atoms with Crippen molar-refractivity contribution >= 4 is 27.6 Å². The second-order valence-electron chi connectivity index (χ2n) is 8.48. The van der Waals surface area contributed by atoms with E-state index in [0.29, 0.717) is 0 Å². The van der Waals surface area contributed by atoms with Crippen LogP contribution in [-0.2, 0) is 12.8 Å². The van der Waals surface area contributed by atoms with Crippen LogP contribution in [-0.4, -0.2) is 19.4 Å². The third-order valence-electron chi connectivity index (χ3n) is 6.95. The van der Waals surface area contributed by atoms with Gasteiger partial charge in [0.05, 0.1) is 11.4 Å². The van der Waals surface area contributed by atoms with Gasteiger partial charge in [-0.15, -0.1) is 0 Å². The quantitative estimate of drug-likeness (QED) is 0.315. The molecule has 0 spiro atoms. The summed E-state index contributed by atoms with van der Waals surface area (Å²) >= 11 is 0. The Balaban J connectivity index is 1.52. The van der Waals surface area contributed by atoms with Gasteiger partial charge in [0, 0.05) is 35.2 Å². The fourth-order valence-electron chi connectivity index (χ4n) is 5.67. The highest BCUT2D eigenvalue weighted by atomic mass is 15.1. The largest absolute Gasteiger partial charge is 0.278 e. The molecular formula is C27H16N4. The van der Waals surface area contributed by atoms with E-state index in [1.807, 2.05) is 24.5 Å². The average Bonchev–Trinajstić information content (AvgIpc) is 3.48. The maximum Gasteiger partial charge on any atom is 0.166 e. The lowest BCUT2D eigenvalue weighted by molar-refractivity contribution is 1.07. The highest BCUT2D eigenvalue weighted by molar-refractivity contribution is 6.09. The molecule has 4 heterocycles. The van der Waals surface area contributed by atoms with Crippen molar-refractivity contribution in [3.05, 3.63) is 95.4 Å². The Morgan fingerprint density at radius 3 is 2.52 bits per heavy atom. The monoisotopic (exact) mass is 396 g/mol. The van der Waals surface area contributed by atoms with Crippen molar-refractivity contribution in [1.29, 1.82) is 0 Å². The van der Waals surface area contributed by atoms with Crippen LogP contribution in [0.25, 0.3) is 50.0 Å². The van der Waals surface area contributed by atoms with Crippen molar-refractivity contribution in [1.82, 2.24) is 19.4 Å². The van der Waals surface area contributed by atoms with Crippen molar-refractivity contribution in [2.45, 2.75) is 12.8 Å². The van der Waals surface area contributed by atoms with Crippen LogP contribution < -0.4 is 0 Å². The van der Waals surface area contributed by atoms with Crippen molar-refractivity contribution in [3.63, 3.8) is 0 Å². The van der Waals surface area contributed by atoms with Crippen LogP contribution in [0.4, 0.5) is 0 Å². The van der Waals surface area contributed by atoms with Crippen molar-refractivity contribution in [2.75, 3.05) is 0 Å². The zero-order valence-corrected chi connectivity index (χ0v) is 16.6. The van der Waals surface area contributed by atoms with E-state index in [-0.39, 0.29) is 0 Å². The van der Waals surface area contributed by atoms with Gasteiger partial charge < -0.3 is 0 Å². The summed E-state index contributed by atoms with van der Waals surface area (Å²) in [6.45, 7) is 0. The molecule has 4 nitrogen and oxygen atoms in total. The molecule has 0 saturated heterocycles. The number of benzene rings is 2.